The molecule has 106 valence electrons. The highest BCUT2D eigenvalue weighted by molar-refractivity contribution is 5.03. The Hall–Kier alpha value is -0.930. The largest absolute Gasteiger partial charge is 0.389 e. The highest BCUT2D eigenvalue weighted by atomic mass is 16.3. The van der Waals surface area contributed by atoms with Crippen molar-refractivity contribution in [2.75, 3.05) is 13.1 Å². The van der Waals surface area contributed by atoms with E-state index >= 15 is 0 Å². The molecule has 0 amide bonds. The molecule has 2 rings (SSSR count). The smallest absolute Gasteiger partial charge is 0.0771 e. The third kappa shape index (κ3) is 4.59. The van der Waals surface area contributed by atoms with Gasteiger partial charge in [-0.1, -0.05) is 19.4 Å². The van der Waals surface area contributed by atoms with Crippen molar-refractivity contribution < 1.29 is 5.11 Å². The normalized spacial score (nSPS) is 27.4. The maximum absolute atomic E-state index is 10.5. The van der Waals surface area contributed by atoms with E-state index in [2.05, 4.69) is 17.2 Å². The Morgan fingerprint density at radius 2 is 2.16 bits per heavy atom. The number of hydrogen-bond acceptors (Lipinski definition) is 3. The van der Waals surface area contributed by atoms with E-state index in [1.807, 2.05) is 24.4 Å². The lowest BCUT2D eigenvalue weighted by Gasteiger charge is -2.36. The van der Waals surface area contributed by atoms with Gasteiger partial charge in [-0.2, -0.15) is 0 Å². The average molecular weight is 262 g/mol. The van der Waals surface area contributed by atoms with E-state index in [4.69, 9.17) is 0 Å². The van der Waals surface area contributed by atoms with Crippen molar-refractivity contribution in [3.8, 4) is 0 Å². The molecule has 1 aliphatic rings. The number of aliphatic hydroxyl groups is 1. The van der Waals surface area contributed by atoms with Crippen LogP contribution >= 0.6 is 0 Å². The Morgan fingerprint density at radius 1 is 1.37 bits per heavy atom. The van der Waals surface area contributed by atoms with Crippen LogP contribution in [0.5, 0.6) is 0 Å². The van der Waals surface area contributed by atoms with Crippen molar-refractivity contribution in [2.24, 2.45) is 5.92 Å². The predicted molar refractivity (Wildman–Crippen MR) is 78.0 cm³/mol. The number of hydrogen-bond donors (Lipinski definition) is 2. The van der Waals surface area contributed by atoms with E-state index in [0.717, 1.165) is 44.0 Å². The molecular weight excluding hydrogens is 236 g/mol. The molecular formula is C16H26N2O. The van der Waals surface area contributed by atoms with Crippen molar-refractivity contribution in [2.45, 2.75) is 51.0 Å². The van der Waals surface area contributed by atoms with Crippen molar-refractivity contribution in [1.82, 2.24) is 10.3 Å². The molecule has 0 aliphatic heterocycles. The summed E-state index contributed by atoms with van der Waals surface area (Å²) in [6, 6.07) is 6.00. The van der Waals surface area contributed by atoms with Gasteiger partial charge in [0, 0.05) is 31.4 Å². The maximum atomic E-state index is 10.5. The van der Waals surface area contributed by atoms with Gasteiger partial charge in [-0.05, 0) is 43.7 Å². The second-order valence-electron chi connectivity index (χ2n) is 5.82. The van der Waals surface area contributed by atoms with Gasteiger partial charge in [-0.3, -0.25) is 4.98 Å². The van der Waals surface area contributed by atoms with Crippen LogP contribution in [0.4, 0.5) is 0 Å². The third-order valence-corrected chi connectivity index (χ3v) is 4.35. The number of aromatic nitrogens is 1. The Bertz CT molecular complexity index is 358. The maximum Gasteiger partial charge on any atom is 0.0771 e. The van der Waals surface area contributed by atoms with Gasteiger partial charge in [0.2, 0.25) is 0 Å². The number of nitrogens with one attached hydrogen (secondary N) is 1. The zero-order valence-corrected chi connectivity index (χ0v) is 11.9. The Morgan fingerprint density at radius 3 is 2.79 bits per heavy atom. The van der Waals surface area contributed by atoms with Gasteiger partial charge in [-0.25, -0.2) is 0 Å². The predicted octanol–water partition coefficient (Wildman–Crippen LogP) is 2.55. The van der Waals surface area contributed by atoms with Gasteiger partial charge in [0.25, 0.3) is 0 Å². The average Bonchev–Trinajstić information content (AvgIpc) is 2.46. The molecule has 3 heteroatoms. The summed E-state index contributed by atoms with van der Waals surface area (Å²) in [5.74, 6) is 0.828. The first-order valence-corrected chi connectivity index (χ1v) is 7.55. The van der Waals surface area contributed by atoms with Crippen molar-refractivity contribution in [1.29, 1.82) is 0 Å². The first-order chi connectivity index (χ1) is 9.22. The van der Waals surface area contributed by atoms with Crippen LogP contribution in [0.1, 0.15) is 44.7 Å². The second-order valence-corrected chi connectivity index (χ2v) is 5.82. The van der Waals surface area contributed by atoms with Gasteiger partial charge in [0.05, 0.1) is 5.60 Å². The zero-order chi connectivity index (χ0) is 13.6. The lowest BCUT2D eigenvalue weighted by Crippen LogP contribution is -2.44. The van der Waals surface area contributed by atoms with E-state index in [9.17, 15) is 5.11 Å². The van der Waals surface area contributed by atoms with Crippen molar-refractivity contribution >= 4 is 0 Å². The quantitative estimate of drug-likeness (QED) is 0.774. The Balaban J connectivity index is 1.65. The minimum Gasteiger partial charge on any atom is -0.389 e. The standard InChI is InChI=1S/C16H26N2O/c1-2-14-6-9-16(19,10-7-14)13-17-12-8-15-5-3-4-11-18-15/h3-5,11,14,17,19H,2,6-10,12-13H2,1H3. The van der Waals surface area contributed by atoms with Gasteiger partial charge in [0.15, 0.2) is 0 Å². The summed E-state index contributed by atoms with van der Waals surface area (Å²) in [5, 5.41) is 13.9. The topological polar surface area (TPSA) is 45.1 Å². The van der Waals surface area contributed by atoms with E-state index in [0.29, 0.717) is 0 Å². The highest BCUT2D eigenvalue weighted by Crippen LogP contribution is 2.33. The van der Waals surface area contributed by atoms with Gasteiger partial charge in [0.1, 0.15) is 0 Å². The monoisotopic (exact) mass is 262 g/mol. The van der Waals surface area contributed by atoms with Crippen LogP contribution in [0.25, 0.3) is 0 Å². The van der Waals surface area contributed by atoms with Gasteiger partial charge >= 0.3 is 0 Å². The third-order valence-electron chi connectivity index (χ3n) is 4.35. The molecule has 0 radical (unpaired) electrons. The molecule has 1 fully saturated rings. The molecule has 1 aromatic rings. The summed E-state index contributed by atoms with van der Waals surface area (Å²) in [4.78, 5) is 4.30. The molecule has 19 heavy (non-hydrogen) atoms. The van der Waals surface area contributed by atoms with E-state index in [1.165, 1.54) is 19.3 Å². The van der Waals surface area contributed by atoms with E-state index < -0.39 is 5.60 Å². The lowest BCUT2D eigenvalue weighted by molar-refractivity contribution is -0.00836. The van der Waals surface area contributed by atoms with Crippen LogP contribution in [0.15, 0.2) is 24.4 Å². The summed E-state index contributed by atoms with van der Waals surface area (Å²) < 4.78 is 0. The second kappa shape index (κ2) is 7.01. The van der Waals surface area contributed by atoms with E-state index in [-0.39, 0.29) is 0 Å². The van der Waals surface area contributed by atoms with Crippen LogP contribution in [-0.4, -0.2) is 28.8 Å². The molecule has 1 aliphatic carbocycles. The minimum absolute atomic E-state index is 0.476. The summed E-state index contributed by atoms with van der Waals surface area (Å²) in [7, 11) is 0. The fourth-order valence-electron chi connectivity index (χ4n) is 2.88. The summed E-state index contributed by atoms with van der Waals surface area (Å²) in [5.41, 5.74) is 0.632. The molecule has 0 atom stereocenters. The molecule has 1 heterocycles. The Kier molecular flexibility index (Phi) is 5.34. The summed E-state index contributed by atoms with van der Waals surface area (Å²) in [6.07, 6.45) is 8.25. The minimum atomic E-state index is -0.476. The first-order valence-electron chi connectivity index (χ1n) is 7.55. The zero-order valence-electron chi connectivity index (χ0n) is 11.9. The molecule has 1 saturated carbocycles. The van der Waals surface area contributed by atoms with Crippen molar-refractivity contribution in [3.63, 3.8) is 0 Å². The van der Waals surface area contributed by atoms with Crippen LogP contribution in [0, 0.1) is 5.92 Å². The fraction of sp³-hybridized carbons (Fsp3) is 0.688. The molecule has 0 spiro atoms. The molecule has 2 N–H and O–H groups in total. The van der Waals surface area contributed by atoms with Crippen LogP contribution in [-0.2, 0) is 6.42 Å². The molecule has 0 bridgehead atoms. The number of pyridine rings is 1. The van der Waals surface area contributed by atoms with Crippen LogP contribution in [0.3, 0.4) is 0 Å². The lowest BCUT2D eigenvalue weighted by atomic mass is 9.78. The summed E-state index contributed by atoms with van der Waals surface area (Å²) >= 11 is 0. The van der Waals surface area contributed by atoms with Crippen molar-refractivity contribution in [3.05, 3.63) is 30.1 Å². The van der Waals surface area contributed by atoms with E-state index in [1.54, 1.807) is 0 Å². The van der Waals surface area contributed by atoms with Gasteiger partial charge < -0.3 is 10.4 Å². The molecule has 0 aromatic carbocycles. The number of nitrogens with zero attached hydrogens (tertiary/aromatic N) is 1. The Labute approximate surface area is 116 Å². The van der Waals surface area contributed by atoms with Crippen LogP contribution < -0.4 is 5.32 Å². The highest BCUT2D eigenvalue weighted by Gasteiger charge is 2.31. The fourth-order valence-corrected chi connectivity index (χ4v) is 2.88. The molecule has 0 saturated heterocycles. The SMILES string of the molecule is CCC1CCC(O)(CNCCc2ccccn2)CC1. The van der Waals surface area contributed by atoms with Gasteiger partial charge in [-0.15, -0.1) is 0 Å². The molecule has 1 aromatic heterocycles. The molecule has 0 unspecified atom stereocenters. The summed E-state index contributed by atoms with van der Waals surface area (Å²) in [6.45, 7) is 3.85. The first kappa shape index (κ1) is 14.5. The number of rotatable bonds is 6. The van der Waals surface area contributed by atoms with Crippen LogP contribution in [0.2, 0.25) is 0 Å². The molecule has 3 nitrogen and oxygen atoms in total.